The molecular formula is C51H32N2O. The molecule has 3 nitrogen and oxygen atoms in total. The molecule has 0 aliphatic carbocycles. The van der Waals surface area contributed by atoms with Crippen LogP contribution in [0.3, 0.4) is 0 Å². The molecule has 0 N–H and O–H groups in total. The Labute approximate surface area is 312 Å². The maximum atomic E-state index is 6.59. The number of para-hydroxylation sites is 1. The van der Waals surface area contributed by atoms with Gasteiger partial charge in [0.25, 0.3) is 0 Å². The molecule has 3 heteroatoms. The molecule has 11 rings (SSSR count). The molecule has 0 bridgehead atoms. The third-order valence-electron chi connectivity index (χ3n) is 10.9. The molecule has 1 aromatic heterocycles. The molecule has 0 unspecified atom stereocenters. The second-order valence-electron chi connectivity index (χ2n) is 13.9. The van der Waals surface area contributed by atoms with Gasteiger partial charge in [0.15, 0.2) is 5.58 Å². The number of rotatable bonds is 5. The zero-order valence-electron chi connectivity index (χ0n) is 29.3. The van der Waals surface area contributed by atoms with Crippen molar-refractivity contribution < 1.29 is 4.42 Å². The zero-order chi connectivity index (χ0) is 35.6. The Morgan fingerprint density at radius 1 is 0.370 bits per heavy atom. The number of aromatic nitrogens is 1. The Hall–Kier alpha value is -7.23. The molecule has 0 radical (unpaired) electrons. The van der Waals surface area contributed by atoms with Crippen molar-refractivity contribution in [2.75, 3.05) is 4.90 Å². The lowest BCUT2D eigenvalue weighted by Crippen LogP contribution is -2.10. The highest BCUT2D eigenvalue weighted by molar-refractivity contribution is 6.19. The maximum absolute atomic E-state index is 6.59. The third-order valence-corrected chi connectivity index (χ3v) is 10.9. The fourth-order valence-electron chi connectivity index (χ4n) is 8.27. The first kappa shape index (κ1) is 30.4. The molecule has 0 saturated heterocycles. The van der Waals surface area contributed by atoms with Gasteiger partial charge in [-0.15, -0.1) is 0 Å². The number of hydrogen-bond acceptors (Lipinski definition) is 3. The van der Waals surface area contributed by atoms with Gasteiger partial charge >= 0.3 is 0 Å². The van der Waals surface area contributed by atoms with E-state index in [1.807, 2.05) is 6.07 Å². The molecule has 252 valence electrons. The van der Waals surface area contributed by atoms with Crippen molar-refractivity contribution in [2.24, 2.45) is 0 Å². The molecule has 54 heavy (non-hydrogen) atoms. The fourth-order valence-corrected chi connectivity index (χ4v) is 8.27. The average Bonchev–Trinajstić information content (AvgIpc) is 3.68. The van der Waals surface area contributed by atoms with Gasteiger partial charge in [-0.1, -0.05) is 152 Å². The van der Waals surface area contributed by atoms with Crippen LogP contribution < -0.4 is 4.90 Å². The van der Waals surface area contributed by atoms with Gasteiger partial charge in [0.05, 0.1) is 5.69 Å². The Kier molecular flexibility index (Phi) is 6.86. The quantitative estimate of drug-likeness (QED) is 0.169. The highest BCUT2D eigenvalue weighted by Gasteiger charge is 2.19. The van der Waals surface area contributed by atoms with E-state index >= 15 is 0 Å². The van der Waals surface area contributed by atoms with Crippen LogP contribution in [0.4, 0.5) is 17.1 Å². The molecule has 0 saturated carbocycles. The molecule has 1 heterocycles. The standard InChI is InChI=1S/C51H32N2O/c1-2-13-37-32-39(28-22-33(37)10-1)53(49-21-9-18-43-45-29-25-35-12-4-5-15-40(35)44(45)30-31-46(43)49)38-26-23-36(24-27-38)42-17-8-20-48-50(42)54-51(52-48)47-19-7-14-34-11-3-6-16-41(34)47/h1-32H. The van der Waals surface area contributed by atoms with Crippen molar-refractivity contribution in [3.63, 3.8) is 0 Å². The van der Waals surface area contributed by atoms with E-state index in [0.29, 0.717) is 5.89 Å². The minimum atomic E-state index is 0.629. The lowest BCUT2D eigenvalue weighted by molar-refractivity contribution is 0.621. The van der Waals surface area contributed by atoms with E-state index in [1.54, 1.807) is 0 Å². The van der Waals surface area contributed by atoms with Gasteiger partial charge < -0.3 is 9.32 Å². The first-order valence-electron chi connectivity index (χ1n) is 18.4. The van der Waals surface area contributed by atoms with Gasteiger partial charge in [0.1, 0.15) is 5.52 Å². The molecule has 0 aliphatic heterocycles. The normalized spacial score (nSPS) is 11.7. The smallest absolute Gasteiger partial charge is 0.227 e. The van der Waals surface area contributed by atoms with Crippen LogP contribution in [-0.4, -0.2) is 4.98 Å². The molecule has 0 fully saturated rings. The summed E-state index contributed by atoms with van der Waals surface area (Å²) in [5.74, 6) is 0.629. The van der Waals surface area contributed by atoms with Gasteiger partial charge in [-0.05, 0) is 96.5 Å². The van der Waals surface area contributed by atoms with E-state index in [-0.39, 0.29) is 0 Å². The van der Waals surface area contributed by atoms with Gasteiger partial charge in [-0.3, -0.25) is 0 Å². The molecule has 0 aliphatic rings. The zero-order valence-corrected chi connectivity index (χ0v) is 29.3. The number of oxazole rings is 1. The second kappa shape index (κ2) is 12.2. The summed E-state index contributed by atoms with van der Waals surface area (Å²) < 4.78 is 6.59. The van der Waals surface area contributed by atoms with Gasteiger partial charge in [-0.2, -0.15) is 0 Å². The average molecular weight is 689 g/mol. The Morgan fingerprint density at radius 2 is 0.944 bits per heavy atom. The third kappa shape index (κ3) is 4.87. The summed E-state index contributed by atoms with van der Waals surface area (Å²) in [6.07, 6.45) is 0. The van der Waals surface area contributed by atoms with Crippen LogP contribution >= 0.6 is 0 Å². The second-order valence-corrected chi connectivity index (χ2v) is 13.9. The van der Waals surface area contributed by atoms with E-state index in [9.17, 15) is 0 Å². The van der Waals surface area contributed by atoms with Crippen LogP contribution in [0, 0.1) is 0 Å². The Bertz CT molecular complexity index is 3230. The van der Waals surface area contributed by atoms with Crippen molar-refractivity contribution in [1.29, 1.82) is 0 Å². The minimum absolute atomic E-state index is 0.629. The first-order valence-corrected chi connectivity index (χ1v) is 18.4. The van der Waals surface area contributed by atoms with Crippen LogP contribution in [0.1, 0.15) is 0 Å². The lowest BCUT2D eigenvalue weighted by atomic mass is 9.96. The van der Waals surface area contributed by atoms with Gasteiger partial charge in [-0.25, -0.2) is 4.98 Å². The summed E-state index contributed by atoms with van der Waals surface area (Å²) in [6, 6.07) is 69.4. The van der Waals surface area contributed by atoms with Crippen LogP contribution in [0.25, 0.3) is 87.5 Å². The molecule has 11 aromatic rings. The highest BCUT2D eigenvalue weighted by Crippen LogP contribution is 2.43. The minimum Gasteiger partial charge on any atom is -0.435 e. The maximum Gasteiger partial charge on any atom is 0.227 e. The van der Waals surface area contributed by atoms with Crippen molar-refractivity contribution in [3.05, 3.63) is 194 Å². The van der Waals surface area contributed by atoms with Crippen LogP contribution in [0.2, 0.25) is 0 Å². The van der Waals surface area contributed by atoms with Crippen LogP contribution in [-0.2, 0) is 0 Å². The summed E-state index contributed by atoms with van der Waals surface area (Å²) in [4.78, 5) is 7.35. The number of nitrogens with zero attached hydrogens (tertiary/aromatic N) is 2. The van der Waals surface area contributed by atoms with E-state index in [2.05, 4.69) is 193 Å². The largest absolute Gasteiger partial charge is 0.435 e. The van der Waals surface area contributed by atoms with E-state index in [0.717, 1.165) is 55.6 Å². The Morgan fingerprint density at radius 3 is 1.81 bits per heavy atom. The molecular weight excluding hydrogens is 657 g/mol. The van der Waals surface area contributed by atoms with Gasteiger partial charge in [0, 0.05) is 27.9 Å². The molecule has 0 amide bonds. The fraction of sp³-hybridized carbons (Fsp3) is 0. The topological polar surface area (TPSA) is 29.3 Å². The summed E-state index contributed by atoms with van der Waals surface area (Å²) in [5, 5.41) is 12.2. The van der Waals surface area contributed by atoms with Crippen LogP contribution in [0.5, 0.6) is 0 Å². The number of anilines is 3. The SMILES string of the molecule is c1ccc2cc(N(c3ccc(-c4cccc5nc(-c6cccc7ccccc67)oc45)cc3)c3cccc4c3ccc3c5ccccc5ccc43)ccc2c1. The number of hydrogen-bond donors (Lipinski definition) is 0. The van der Waals surface area contributed by atoms with Crippen molar-refractivity contribution in [3.8, 4) is 22.6 Å². The molecule has 0 spiro atoms. The molecule has 0 atom stereocenters. The predicted octanol–water partition coefficient (Wildman–Crippen LogP) is 14.4. The number of benzene rings is 10. The predicted molar refractivity (Wildman–Crippen MR) is 227 cm³/mol. The summed E-state index contributed by atoms with van der Waals surface area (Å²) in [6.45, 7) is 0. The van der Waals surface area contributed by atoms with E-state index in [1.165, 1.54) is 43.1 Å². The van der Waals surface area contributed by atoms with Crippen molar-refractivity contribution >= 4 is 82.0 Å². The van der Waals surface area contributed by atoms with Crippen molar-refractivity contribution in [1.82, 2.24) is 4.98 Å². The number of fused-ring (bicyclic) bond motifs is 8. The van der Waals surface area contributed by atoms with Crippen LogP contribution in [0.15, 0.2) is 199 Å². The highest BCUT2D eigenvalue weighted by atomic mass is 16.3. The summed E-state index contributed by atoms with van der Waals surface area (Å²) in [5.41, 5.74) is 8.00. The van der Waals surface area contributed by atoms with Crippen molar-refractivity contribution in [2.45, 2.75) is 0 Å². The monoisotopic (exact) mass is 688 g/mol. The van der Waals surface area contributed by atoms with E-state index < -0.39 is 0 Å². The van der Waals surface area contributed by atoms with E-state index in [4.69, 9.17) is 9.40 Å². The Balaban J connectivity index is 1.06. The molecule has 10 aromatic carbocycles. The summed E-state index contributed by atoms with van der Waals surface area (Å²) >= 11 is 0. The lowest BCUT2D eigenvalue weighted by Gasteiger charge is -2.27. The summed E-state index contributed by atoms with van der Waals surface area (Å²) in [7, 11) is 0. The first-order chi connectivity index (χ1) is 26.8. The van der Waals surface area contributed by atoms with Gasteiger partial charge in [0.2, 0.25) is 5.89 Å².